The maximum atomic E-state index is 13.0. The highest BCUT2D eigenvalue weighted by Crippen LogP contribution is 2.11. The first-order valence-electron chi connectivity index (χ1n) is 10.1. The predicted molar refractivity (Wildman–Crippen MR) is 119 cm³/mol. The molecule has 1 amide bonds. The summed E-state index contributed by atoms with van der Waals surface area (Å²) in [7, 11) is 5.45. The fourth-order valence-corrected chi connectivity index (χ4v) is 2.82. The number of aliphatic imine (C=N–C) groups is 1. The molecule has 1 N–H and O–H groups in total. The van der Waals surface area contributed by atoms with Gasteiger partial charge in [-0.2, -0.15) is 0 Å². The summed E-state index contributed by atoms with van der Waals surface area (Å²) in [6.45, 7) is 4.48. The second-order valence-corrected chi connectivity index (χ2v) is 7.11. The van der Waals surface area contributed by atoms with E-state index < -0.39 is 0 Å². The van der Waals surface area contributed by atoms with Gasteiger partial charge in [0.25, 0.3) is 5.91 Å². The van der Waals surface area contributed by atoms with Crippen molar-refractivity contribution in [2.45, 2.75) is 13.3 Å². The van der Waals surface area contributed by atoms with Crippen LogP contribution in [0.25, 0.3) is 0 Å². The number of carbonyl (C=O) groups is 1. The van der Waals surface area contributed by atoms with Crippen molar-refractivity contribution < 1.29 is 13.9 Å². The summed E-state index contributed by atoms with van der Waals surface area (Å²) in [4.78, 5) is 20.4. The molecule has 0 radical (unpaired) electrons. The van der Waals surface area contributed by atoms with Crippen LogP contribution in [0, 0.1) is 5.82 Å². The summed E-state index contributed by atoms with van der Waals surface area (Å²) in [6.07, 6.45) is 0.739. The minimum atomic E-state index is -0.280. The normalized spacial score (nSPS) is 11.2. The number of amides is 1. The van der Waals surface area contributed by atoms with Gasteiger partial charge in [0.1, 0.15) is 18.2 Å². The maximum Gasteiger partial charge on any atom is 0.253 e. The molecule has 0 aliphatic rings. The average Bonchev–Trinajstić information content (AvgIpc) is 2.74. The summed E-state index contributed by atoms with van der Waals surface area (Å²) < 4.78 is 18.6. The van der Waals surface area contributed by atoms with Crippen LogP contribution in [-0.4, -0.2) is 69.1 Å². The molecule has 0 atom stereocenters. The van der Waals surface area contributed by atoms with E-state index in [1.165, 1.54) is 12.1 Å². The van der Waals surface area contributed by atoms with Crippen LogP contribution in [0.2, 0.25) is 0 Å². The van der Waals surface area contributed by atoms with Gasteiger partial charge >= 0.3 is 0 Å². The van der Waals surface area contributed by atoms with Crippen molar-refractivity contribution in [3.05, 3.63) is 65.5 Å². The van der Waals surface area contributed by atoms with Crippen molar-refractivity contribution in [2.75, 3.05) is 47.4 Å². The van der Waals surface area contributed by atoms with Crippen LogP contribution in [0.4, 0.5) is 4.39 Å². The third-order valence-electron chi connectivity index (χ3n) is 4.45. The van der Waals surface area contributed by atoms with E-state index in [0.29, 0.717) is 31.0 Å². The molecule has 2 rings (SSSR count). The topological polar surface area (TPSA) is 57.2 Å². The fraction of sp³-hybridized carbons (Fsp3) is 0.391. The smallest absolute Gasteiger partial charge is 0.253 e. The molecule has 0 saturated heterocycles. The molecule has 7 heteroatoms. The van der Waals surface area contributed by atoms with Gasteiger partial charge in [0.15, 0.2) is 5.96 Å². The third kappa shape index (κ3) is 7.39. The number of hydrogen-bond donors (Lipinski definition) is 1. The van der Waals surface area contributed by atoms with Crippen molar-refractivity contribution >= 4 is 11.9 Å². The van der Waals surface area contributed by atoms with E-state index in [4.69, 9.17) is 4.74 Å². The molecule has 0 heterocycles. The highest BCUT2D eigenvalue weighted by atomic mass is 19.1. The minimum absolute atomic E-state index is 0.00502. The molecule has 0 bridgehead atoms. The first-order chi connectivity index (χ1) is 14.4. The molecule has 0 spiro atoms. The number of hydrogen-bond acceptors (Lipinski definition) is 3. The summed E-state index contributed by atoms with van der Waals surface area (Å²) in [5, 5.41) is 3.28. The standard InChI is InChI=1S/C23H31FN4O2/c1-5-25-23(28(4)15-16-30-21-11-9-20(24)10-12-21)26-14-13-18-7-6-8-19(17-18)22(29)27(2)3/h6-12,17H,5,13-16H2,1-4H3,(H,25,26). The Morgan fingerprint density at radius 1 is 1.13 bits per heavy atom. The second kappa shape index (κ2) is 11.8. The predicted octanol–water partition coefficient (Wildman–Crippen LogP) is 3.05. The minimum Gasteiger partial charge on any atom is -0.492 e. The molecular weight excluding hydrogens is 383 g/mol. The van der Waals surface area contributed by atoms with Gasteiger partial charge in [-0.05, 0) is 55.3 Å². The van der Waals surface area contributed by atoms with E-state index >= 15 is 0 Å². The number of carbonyl (C=O) groups excluding carboxylic acids is 1. The second-order valence-electron chi connectivity index (χ2n) is 7.11. The lowest BCUT2D eigenvalue weighted by Crippen LogP contribution is -2.41. The number of likely N-dealkylation sites (N-methyl/N-ethyl adjacent to an activating group) is 1. The van der Waals surface area contributed by atoms with E-state index in [9.17, 15) is 9.18 Å². The molecule has 0 aliphatic carbocycles. The van der Waals surface area contributed by atoms with E-state index in [2.05, 4.69) is 10.3 Å². The average molecular weight is 415 g/mol. The first-order valence-corrected chi connectivity index (χ1v) is 10.1. The van der Waals surface area contributed by atoms with E-state index in [1.54, 1.807) is 31.1 Å². The van der Waals surface area contributed by atoms with Gasteiger partial charge in [-0.1, -0.05) is 12.1 Å². The summed E-state index contributed by atoms with van der Waals surface area (Å²) >= 11 is 0. The molecule has 30 heavy (non-hydrogen) atoms. The number of guanidine groups is 1. The molecule has 0 fully saturated rings. The van der Waals surface area contributed by atoms with Gasteiger partial charge in [-0.15, -0.1) is 0 Å². The highest BCUT2D eigenvalue weighted by Gasteiger charge is 2.09. The fourth-order valence-electron chi connectivity index (χ4n) is 2.82. The lowest BCUT2D eigenvalue weighted by Gasteiger charge is -2.22. The van der Waals surface area contributed by atoms with Crippen LogP contribution in [0.5, 0.6) is 5.75 Å². The molecule has 0 saturated carbocycles. The van der Waals surface area contributed by atoms with E-state index in [0.717, 1.165) is 24.5 Å². The lowest BCUT2D eigenvalue weighted by atomic mass is 10.1. The van der Waals surface area contributed by atoms with Crippen molar-refractivity contribution in [3.63, 3.8) is 0 Å². The zero-order valence-electron chi connectivity index (χ0n) is 18.2. The Morgan fingerprint density at radius 2 is 1.87 bits per heavy atom. The van der Waals surface area contributed by atoms with Crippen LogP contribution in [0.1, 0.15) is 22.8 Å². The van der Waals surface area contributed by atoms with Crippen LogP contribution in [0.3, 0.4) is 0 Å². The van der Waals surface area contributed by atoms with Crippen LogP contribution in [-0.2, 0) is 6.42 Å². The molecule has 0 aromatic heterocycles. The van der Waals surface area contributed by atoms with Gasteiger partial charge in [-0.3, -0.25) is 9.79 Å². The summed E-state index contributed by atoms with van der Waals surface area (Å²) in [5.74, 6) is 1.15. The van der Waals surface area contributed by atoms with Crippen molar-refractivity contribution in [1.82, 2.24) is 15.1 Å². The number of nitrogens with zero attached hydrogens (tertiary/aromatic N) is 3. The maximum absolute atomic E-state index is 13.0. The molecule has 2 aromatic rings. The molecule has 2 aromatic carbocycles. The van der Waals surface area contributed by atoms with Gasteiger partial charge in [0.2, 0.25) is 0 Å². The first kappa shape index (κ1) is 23.2. The number of halogens is 1. The van der Waals surface area contributed by atoms with E-state index in [1.807, 2.05) is 43.1 Å². The Bertz CT molecular complexity index is 837. The largest absolute Gasteiger partial charge is 0.492 e. The Kier molecular flexibility index (Phi) is 9.12. The summed E-state index contributed by atoms with van der Waals surface area (Å²) in [5.41, 5.74) is 1.76. The molecule has 0 aliphatic heterocycles. The van der Waals surface area contributed by atoms with Gasteiger partial charge in [0.05, 0.1) is 6.54 Å². The molecule has 162 valence electrons. The van der Waals surface area contributed by atoms with Crippen LogP contribution < -0.4 is 10.1 Å². The van der Waals surface area contributed by atoms with Crippen molar-refractivity contribution in [2.24, 2.45) is 4.99 Å². The monoisotopic (exact) mass is 414 g/mol. The van der Waals surface area contributed by atoms with Gasteiger partial charge < -0.3 is 19.9 Å². The zero-order chi connectivity index (χ0) is 21.9. The van der Waals surface area contributed by atoms with Gasteiger partial charge in [0, 0.05) is 39.8 Å². The number of benzene rings is 2. The molecule has 6 nitrogen and oxygen atoms in total. The van der Waals surface area contributed by atoms with Gasteiger partial charge in [-0.25, -0.2) is 4.39 Å². The summed E-state index contributed by atoms with van der Waals surface area (Å²) in [6, 6.07) is 13.7. The Labute approximate surface area is 178 Å². The molecular formula is C23H31FN4O2. The number of ether oxygens (including phenoxy) is 1. The zero-order valence-corrected chi connectivity index (χ0v) is 18.2. The van der Waals surface area contributed by atoms with Crippen LogP contribution in [0.15, 0.2) is 53.5 Å². The van der Waals surface area contributed by atoms with Crippen molar-refractivity contribution in [1.29, 1.82) is 0 Å². The van der Waals surface area contributed by atoms with Crippen LogP contribution >= 0.6 is 0 Å². The Hall–Kier alpha value is -3.09. The SMILES string of the molecule is CCNC(=NCCc1cccc(C(=O)N(C)C)c1)N(C)CCOc1ccc(F)cc1. The van der Waals surface area contributed by atoms with E-state index in [-0.39, 0.29) is 11.7 Å². The number of nitrogens with one attached hydrogen (secondary N) is 1. The Morgan fingerprint density at radius 3 is 2.53 bits per heavy atom. The Balaban J connectivity index is 1.89. The third-order valence-corrected chi connectivity index (χ3v) is 4.45. The number of rotatable bonds is 9. The quantitative estimate of drug-likeness (QED) is 0.506. The lowest BCUT2D eigenvalue weighted by molar-refractivity contribution is 0.0827. The molecule has 0 unspecified atom stereocenters. The van der Waals surface area contributed by atoms with Crippen molar-refractivity contribution in [3.8, 4) is 5.75 Å². The highest BCUT2D eigenvalue weighted by molar-refractivity contribution is 5.94.